The molecule has 0 fully saturated rings. The number of amides is 1. The Balaban J connectivity index is 2.50. The summed E-state index contributed by atoms with van der Waals surface area (Å²) in [6.45, 7) is 0.546. The van der Waals surface area contributed by atoms with E-state index in [1.807, 2.05) is 36.4 Å². The van der Waals surface area contributed by atoms with Gasteiger partial charge >= 0.3 is 12.1 Å². The molecule has 0 aliphatic heterocycles. The van der Waals surface area contributed by atoms with Crippen molar-refractivity contribution in [3.05, 3.63) is 35.9 Å². The quantitative estimate of drug-likeness (QED) is 0.718. The van der Waals surface area contributed by atoms with E-state index < -0.39 is 12.1 Å². The van der Waals surface area contributed by atoms with Crippen LogP contribution in [0.5, 0.6) is 0 Å². The molecule has 0 N–H and O–H groups in total. The highest BCUT2D eigenvalue weighted by Crippen LogP contribution is 2.05. The van der Waals surface area contributed by atoms with Crippen molar-refractivity contribution in [1.82, 2.24) is 4.90 Å². The van der Waals surface area contributed by atoms with Crippen LogP contribution >= 0.6 is 0 Å². The lowest BCUT2D eigenvalue weighted by atomic mass is 10.2. The summed E-state index contributed by atoms with van der Waals surface area (Å²) in [6, 6.07) is 11.2. The van der Waals surface area contributed by atoms with Crippen LogP contribution in [-0.2, 0) is 20.9 Å². The van der Waals surface area contributed by atoms with Gasteiger partial charge in [0.2, 0.25) is 0 Å². The Morgan fingerprint density at radius 3 is 2.57 bits per heavy atom. The highest BCUT2D eigenvalue weighted by atomic mass is 16.6. The van der Waals surface area contributed by atoms with Gasteiger partial charge in [-0.15, -0.1) is 0 Å². The van der Waals surface area contributed by atoms with Crippen LogP contribution in [-0.4, -0.2) is 37.2 Å². The molecule has 0 radical (unpaired) electrons. The van der Waals surface area contributed by atoms with E-state index >= 15 is 0 Å². The van der Waals surface area contributed by atoms with Gasteiger partial charge < -0.3 is 14.4 Å². The number of hydrogen-bond donors (Lipinski definition) is 0. The average molecular weight is 290 g/mol. The number of nitrogens with zero attached hydrogens (tertiary/aromatic N) is 2. The van der Waals surface area contributed by atoms with Crippen molar-refractivity contribution in [2.75, 3.05) is 20.2 Å². The lowest BCUT2D eigenvalue weighted by molar-refractivity contribution is -0.140. The van der Waals surface area contributed by atoms with Gasteiger partial charge in [-0.05, 0) is 5.56 Å². The minimum absolute atomic E-state index is 0.0718. The summed E-state index contributed by atoms with van der Waals surface area (Å²) < 4.78 is 9.71. The van der Waals surface area contributed by atoms with Gasteiger partial charge in [0.25, 0.3) is 0 Å². The fourth-order valence-corrected chi connectivity index (χ4v) is 1.62. The van der Waals surface area contributed by atoms with Gasteiger partial charge in [-0.3, -0.25) is 4.79 Å². The van der Waals surface area contributed by atoms with Crippen LogP contribution in [0, 0.1) is 11.3 Å². The Labute approximate surface area is 123 Å². The van der Waals surface area contributed by atoms with Crippen molar-refractivity contribution in [2.24, 2.45) is 0 Å². The highest BCUT2D eigenvalue weighted by molar-refractivity contribution is 5.71. The molecule has 0 saturated carbocycles. The predicted molar refractivity (Wildman–Crippen MR) is 75.1 cm³/mol. The van der Waals surface area contributed by atoms with Gasteiger partial charge in [0, 0.05) is 13.1 Å². The SMILES string of the molecule is COC(=O)CCN(CCC#N)C(=O)OCc1ccccc1. The molecule has 0 saturated heterocycles. The van der Waals surface area contributed by atoms with E-state index in [-0.39, 0.29) is 32.5 Å². The molecule has 0 aliphatic rings. The normalized spacial score (nSPS) is 9.52. The van der Waals surface area contributed by atoms with Crippen molar-refractivity contribution in [3.8, 4) is 6.07 Å². The summed E-state index contributed by atoms with van der Waals surface area (Å²) in [5, 5.41) is 8.61. The summed E-state index contributed by atoms with van der Waals surface area (Å²) in [7, 11) is 1.29. The van der Waals surface area contributed by atoms with Crippen LogP contribution in [0.4, 0.5) is 4.79 Å². The Morgan fingerprint density at radius 1 is 1.24 bits per heavy atom. The zero-order valence-electron chi connectivity index (χ0n) is 11.9. The highest BCUT2D eigenvalue weighted by Gasteiger charge is 2.16. The molecule has 0 spiro atoms. The molecule has 0 aliphatic carbocycles. The minimum Gasteiger partial charge on any atom is -0.469 e. The average Bonchev–Trinajstić information content (AvgIpc) is 2.53. The summed E-state index contributed by atoms with van der Waals surface area (Å²) in [6.07, 6.45) is -0.290. The molecule has 0 atom stereocenters. The molecular weight excluding hydrogens is 272 g/mol. The maximum Gasteiger partial charge on any atom is 0.410 e. The number of carbonyl (C=O) groups is 2. The maximum absolute atomic E-state index is 12.0. The third kappa shape index (κ3) is 6.43. The van der Waals surface area contributed by atoms with E-state index in [2.05, 4.69) is 4.74 Å². The molecule has 21 heavy (non-hydrogen) atoms. The first-order valence-corrected chi connectivity index (χ1v) is 6.56. The molecule has 6 heteroatoms. The van der Waals surface area contributed by atoms with E-state index in [1.54, 1.807) is 0 Å². The molecule has 1 aromatic rings. The number of benzene rings is 1. The lowest BCUT2D eigenvalue weighted by Gasteiger charge is -2.20. The van der Waals surface area contributed by atoms with E-state index in [4.69, 9.17) is 10.00 Å². The molecule has 0 aromatic heterocycles. The van der Waals surface area contributed by atoms with Crippen LogP contribution in [0.3, 0.4) is 0 Å². The third-order valence-corrected chi connectivity index (χ3v) is 2.77. The number of hydrogen-bond acceptors (Lipinski definition) is 5. The number of methoxy groups -OCH3 is 1. The number of ether oxygens (including phenoxy) is 2. The van der Waals surface area contributed by atoms with Gasteiger partial charge in [-0.2, -0.15) is 5.26 Å². The smallest absolute Gasteiger partial charge is 0.410 e. The Kier molecular flexibility index (Phi) is 7.36. The molecule has 0 bridgehead atoms. The molecule has 1 amide bonds. The molecule has 0 heterocycles. The Morgan fingerprint density at radius 2 is 1.95 bits per heavy atom. The first kappa shape index (κ1) is 16.5. The van der Waals surface area contributed by atoms with Crippen molar-refractivity contribution in [3.63, 3.8) is 0 Å². The molecule has 0 unspecified atom stereocenters. The second kappa shape index (κ2) is 9.37. The zero-order valence-corrected chi connectivity index (χ0v) is 11.9. The molecule has 112 valence electrons. The second-order valence-corrected chi connectivity index (χ2v) is 4.26. The monoisotopic (exact) mass is 290 g/mol. The summed E-state index contributed by atoms with van der Waals surface area (Å²) in [4.78, 5) is 24.4. The van der Waals surface area contributed by atoms with Crippen LogP contribution in [0.1, 0.15) is 18.4 Å². The van der Waals surface area contributed by atoms with Crippen LogP contribution < -0.4 is 0 Å². The van der Waals surface area contributed by atoms with Gasteiger partial charge in [-0.25, -0.2) is 4.79 Å². The second-order valence-electron chi connectivity index (χ2n) is 4.26. The van der Waals surface area contributed by atoms with Crippen LogP contribution in [0.15, 0.2) is 30.3 Å². The molecular formula is C15H18N2O4. The van der Waals surface area contributed by atoms with Gasteiger partial charge in [0.05, 0.1) is 26.0 Å². The van der Waals surface area contributed by atoms with Gasteiger partial charge in [0.15, 0.2) is 0 Å². The lowest BCUT2D eigenvalue weighted by Crippen LogP contribution is -2.34. The van der Waals surface area contributed by atoms with Crippen molar-refractivity contribution >= 4 is 12.1 Å². The molecule has 6 nitrogen and oxygen atoms in total. The first-order chi connectivity index (χ1) is 10.2. The number of esters is 1. The van der Waals surface area contributed by atoms with Gasteiger partial charge in [0.1, 0.15) is 6.61 Å². The van der Waals surface area contributed by atoms with E-state index in [1.165, 1.54) is 12.0 Å². The topological polar surface area (TPSA) is 79.6 Å². The van der Waals surface area contributed by atoms with E-state index in [0.717, 1.165) is 5.56 Å². The van der Waals surface area contributed by atoms with Crippen molar-refractivity contribution in [2.45, 2.75) is 19.4 Å². The van der Waals surface area contributed by atoms with Crippen molar-refractivity contribution < 1.29 is 19.1 Å². The van der Waals surface area contributed by atoms with Crippen LogP contribution in [0.2, 0.25) is 0 Å². The Bertz CT molecular complexity index is 496. The summed E-state index contributed by atoms with van der Waals surface area (Å²) in [5.74, 6) is -0.409. The number of nitriles is 1. The molecule has 1 aromatic carbocycles. The molecule has 1 rings (SSSR count). The summed E-state index contributed by atoms with van der Waals surface area (Å²) in [5.41, 5.74) is 0.874. The maximum atomic E-state index is 12.0. The van der Waals surface area contributed by atoms with E-state index in [9.17, 15) is 9.59 Å². The summed E-state index contributed by atoms with van der Waals surface area (Å²) >= 11 is 0. The first-order valence-electron chi connectivity index (χ1n) is 6.56. The minimum atomic E-state index is -0.544. The number of rotatable bonds is 7. The Hall–Kier alpha value is -2.55. The fraction of sp³-hybridized carbons (Fsp3) is 0.400. The van der Waals surface area contributed by atoms with E-state index in [0.29, 0.717) is 0 Å². The predicted octanol–water partition coefficient (Wildman–Crippen LogP) is 2.10. The zero-order chi connectivity index (χ0) is 15.5. The van der Waals surface area contributed by atoms with Crippen LogP contribution in [0.25, 0.3) is 0 Å². The van der Waals surface area contributed by atoms with Crippen molar-refractivity contribution in [1.29, 1.82) is 5.26 Å². The third-order valence-electron chi connectivity index (χ3n) is 2.77. The fourth-order valence-electron chi connectivity index (χ4n) is 1.62. The number of carbonyl (C=O) groups excluding carboxylic acids is 2. The standard InChI is InChI=1S/C15H18N2O4/c1-20-14(18)8-11-17(10-5-9-16)15(19)21-12-13-6-3-2-4-7-13/h2-4,6-7H,5,8,10-12H2,1H3. The largest absolute Gasteiger partial charge is 0.469 e. The van der Waals surface area contributed by atoms with Gasteiger partial charge in [-0.1, -0.05) is 30.3 Å².